The fraction of sp³-hybridized carbons (Fsp3) is 0.867. The van der Waals surface area contributed by atoms with Gasteiger partial charge in [0.15, 0.2) is 0 Å². The molecule has 1 saturated carbocycles. The molecule has 0 aliphatic heterocycles. The van der Waals surface area contributed by atoms with E-state index < -0.39 is 91.2 Å². The summed E-state index contributed by atoms with van der Waals surface area (Å²) < 4.78 is 170. The van der Waals surface area contributed by atoms with Crippen LogP contribution in [0.15, 0.2) is 0 Å². The predicted molar refractivity (Wildman–Crippen MR) is 75.0 cm³/mol. The zero-order chi connectivity index (χ0) is 25.7. The average molecular weight is 504 g/mol. The Labute approximate surface area is 169 Å². The molecular weight excluding hydrogens is 491 g/mol. The van der Waals surface area contributed by atoms with Crippen LogP contribution in [0, 0.1) is 17.8 Å². The fourth-order valence-corrected chi connectivity index (χ4v) is 3.27. The van der Waals surface area contributed by atoms with Crippen LogP contribution in [0.25, 0.3) is 0 Å². The molecule has 0 bridgehead atoms. The van der Waals surface area contributed by atoms with Crippen LogP contribution in [0.2, 0.25) is 0 Å². The van der Waals surface area contributed by atoms with E-state index in [-0.39, 0.29) is 0 Å². The van der Waals surface area contributed by atoms with Crippen molar-refractivity contribution in [1.82, 2.24) is 0 Å². The van der Waals surface area contributed by atoms with Crippen molar-refractivity contribution in [3.05, 3.63) is 0 Å². The summed E-state index contributed by atoms with van der Waals surface area (Å²) >= 11 is 0. The van der Waals surface area contributed by atoms with Crippen LogP contribution in [-0.4, -0.2) is 57.9 Å². The number of aliphatic carboxylic acids is 2. The molecule has 188 valence electrons. The smallest absolute Gasteiger partial charge is 0.460 e. The highest BCUT2D eigenvalue weighted by Crippen LogP contribution is 2.61. The normalized spacial score (nSPS) is 24.0. The number of hydrogen-bond acceptors (Lipinski definition) is 2. The Morgan fingerprint density at radius 1 is 0.656 bits per heavy atom. The summed E-state index contributed by atoms with van der Waals surface area (Å²) in [5.41, 5.74) is 0. The lowest BCUT2D eigenvalue weighted by Gasteiger charge is -2.40. The molecule has 0 saturated heterocycles. The molecule has 0 amide bonds. The molecule has 3 atom stereocenters. The van der Waals surface area contributed by atoms with Crippen molar-refractivity contribution in [2.75, 3.05) is 0 Å². The van der Waals surface area contributed by atoms with Crippen molar-refractivity contribution >= 4 is 11.9 Å². The average Bonchev–Trinajstić information content (AvgIpc) is 3.03. The lowest BCUT2D eigenvalue weighted by atomic mass is 9.86. The van der Waals surface area contributed by atoms with Crippen molar-refractivity contribution in [1.29, 1.82) is 0 Å². The summed E-state index contributed by atoms with van der Waals surface area (Å²) in [6.07, 6.45) is -12.9. The molecule has 0 heterocycles. The highest BCUT2D eigenvalue weighted by atomic mass is 19.4. The van der Waals surface area contributed by atoms with E-state index >= 15 is 0 Å². The van der Waals surface area contributed by atoms with Gasteiger partial charge in [-0.2, -0.15) is 57.1 Å². The Bertz CT molecular complexity index is 731. The maximum Gasteiger partial charge on any atom is 0.460 e. The molecule has 2 N–H and O–H groups in total. The first kappa shape index (κ1) is 28.1. The van der Waals surface area contributed by atoms with Crippen LogP contribution in [0.4, 0.5) is 57.1 Å². The summed E-state index contributed by atoms with van der Waals surface area (Å²) in [5.74, 6) is -45.7. The summed E-state index contributed by atoms with van der Waals surface area (Å²) in [6, 6.07) is 0. The molecular formula is C15H13F13O4. The fourth-order valence-electron chi connectivity index (χ4n) is 3.27. The van der Waals surface area contributed by atoms with Crippen molar-refractivity contribution in [3.8, 4) is 0 Å². The Morgan fingerprint density at radius 2 is 1.09 bits per heavy atom. The molecule has 32 heavy (non-hydrogen) atoms. The zero-order valence-corrected chi connectivity index (χ0v) is 15.2. The number of rotatable bonds is 9. The first-order valence-electron chi connectivity index (χ1n) is 8.37. The predicted octanol–water partition coefficient (Wildman–Crippen LogP) is 5.32. The Kier molecular flexibility index (Phi) is 7.11. The minimum atomic E-state index is -8.00. The molecule has 1 fully saturated rings. The maximum absolute atomic E-state index is 13.8. The van der Waals surface area contributed by atoms with Gasteiger partial charge in [-0.25, -0.2) is 0 Å². The highest BCUT2D eigenvalue weighted by Gasteiger charge is 2.90. The van der Waals surface area contributed by atoms with Gasteiger partial charge < -0.3 is 10.2 Å². The summed E-state index contributed by atoms with van der Waals surface area (Å²) in [7, 11) is 0. The van der Waals surface area contributed by atoms with Gasteiger partial charge in [0.05, 0.1) is 11.8 Å². The van der Waals surface area contributed by atoms with Crippen molar-refractivity contribution in [2.24, 2.45) is 17.8 Å². The number of alkyl halides is 13. The molecule has 0 aromatic heterocycles. The number of carboxylic acid groups (broad SMARTS) is 2. The second kappa shape index (κ2) is 8.11. The third kappa shape index (κ3) is 4.30. The molecule has 1 rings (SSSR count). The molecule has 4 nitrogen and oxygen atoms in total. The molecule has 0 radical (unpaired) electrons. The van der Waals surface area contributed by atoms with Crippen LogP contribution in [0.5, 0.6) is 0 Å². The highest BCUT2D eigenvalue weighted by molar-refractivity contribution is 5.75. The summed E-state index contributed by atoms with van der Waals surface area (Å²) in [5, 5.41) is 17.8. The van der Waals surface area contributed by atoms with E-state index in [1.165, 1.54) is 0 Å². The van der Waals surface area contributed by atoms with Gasteiger partial charge in [0, 0.05) is 6.42 Å². The van der Waals surface area contributed by atoms with Gasteiger partial charge in [-0.3, -0.25) is 9.59 Å². The van der Waals surface area contributed by atoms with E-state index in [0.717, 1.165) is 0 Å². The number of carbonyl (C=O) groups is 2. The van der Waals surface area contributed by atoms with E-state index in [0.29, 0.717) is 0 Å². The van der Waals surface area contributed by atoms with Gasteiger partial charge in [-0.1, -0.05) is 0 Å². The van der Waals surface area contributed by atoms with Gasteiger partial charge in [0.2, 0.25) is 0 Å². The molecule has 17 heteroatoms. The van der Waals surface area contributed by atoms with E-state index in [9.17, 15) is 66.7 Å². The lowest BCUT2D eigenvalue weighted by Crippen LogP contribution is -2.70. The molecule has 3 unspecified atom stereocenters. The quantitative estimate of drug-likeness (QED) is 0.417. The minimum Gasteiger partial charge on any atom is -0.481 e. The second-order valence-electron chi connectivity index (χ2n) is 7.25. The Hall–Kier alpha value is -1.97. The zero-order valence-electron chi connectivity index (χ0n) is 15.2. The van der Waals surface area contributed by atoms with E-state index in [2.05, 4.69) is 0 Å². The summed E-state index contributed by atoms with van der Waals surface area (Å²) in [6.45, 7) is 0. The molecule has 1 aliphatic rings. The van der Waals surface area contributed by atoms with Crippen LogP contribution in [0.1, 0.15) is 25.7 Å². The number of hydrogen-bond donors (Lipinski definition) is 2. The Morgan fingerprint density at radius 3 is 1.47 bits per heavy atom. The van der Waals surface area contributed by atoms with Gasteiger partial charge >= 0.3 is 47.7 Å². The summed E-state index contributed by atoms with van der Waals surface area (Å²) in [4.78, 5) is 21.9. The van der Waals surface area contributed by atoms with Crippen LogP contribution < -0.4 is 0 Å². The third-order valence-electron chi connectivity index (χ3n) is 5.19. The number of carboxylic acids is 2. The van der Waals surface area contributed by atoms with Crippen LogP contribution in [-0.2, 0) is 9.59 Å². The molecule has 0 aromatic rings. The van der Waals surface area contributed by atoms with Crippen molar-refractivity contribution < 1.29 is 76.9 Å². The lowest BCUT2D eigenvalue weighted by molar-refractivity contribution is -0.440. The minimum absolute atomic E-state index is 0.663. The SMILES string of the molecule is O=C(O)C1CC(CCC(F)(F)C(F)(F)C(F)(F)C(F)(F)C(F)(F)C(F)(F)F)C(C(=O)O)C1. The van der Waals surface area contributed by atoms with Crippen molar-refractivity contribution in [3.63, 3.8) is 0 Å². The standard InChI is InChI=1S/C15H13F13O4/c16-10(17,2-1-5-3-6(8(29)30)4-7(5)9(31)32)11(18,19)12(20,21)13(22,23)14(24,25)15(26,27)28/h5-7H,1-4H2,(H,29,30)(H,31,32). The Balaban J connectivity index is 3.21. The van der Waals surface area contributed by atoms with Crippen LogP contribution >= 0.6 is 0 Å². The number of halogens is 13. The van der Waals surface area contributed by atoms with Gasteiger partial charge in [-0.05, 0) is 25.2 Å². The molecule has 1 aliphatic carbocycles. The topological polar surface area (TPSA) is 74.6 Å². The van der Waals surface area contributed by atoms with E-state index in [1.807, 2.05) is 0 Å². The van der Waals surface area contributed by atoms with Gasteiger partial charge in [0.1, 0.15) is 0 Å². The van der Waals surface area contributed by atoms with Crippen molar-refractivity contribution in [2.45, 2.75) is 61.5 Å². The van der Waals surface area contributed by atoms with E-state index in [4.69, 9.17) is 10.2 Å². The van der Waals surface area contributed by atoms with Gasteiger partial charge in [0.25, 0.3) is 0 Å². The van der Waals surface area contributed by atoms with Gasteiger partial charge in [-0.15, -0.1) is 0 Å². The van der Waals surface area contributed by atoms with E-state index in [1.54, 1.807) is 0 Å². The maximum atomic E-state index is 13.8. The molecule has 0 spiro atoms. The monoisotopic (exact) mass is 504 g/mol. The first-order chi connectivity index (χ1) is 14.0. The largest absolute Gasteiger partial charge is 0.481 e. The molecule has 0 aromatic carbocycles. The third-order valence-corrected chi connectivity index (χ3v) is 5.19. The first-order valence-corrected chi connectivity index (χ1v) is 8.37. The van der Waals surface area contributed by atoms with Crippen LogP contribution in [0.3, 0.4) is 0 Å². The second-order valence-corrected chi connectivity index (χ2v) is 7.25.